The van der Waals surface area contributed by atoms with Crippen molar-refractivity contribution < 1.29 is 4.79 Å². The number of fused-ring (bicyclic) bond motifs is 1. The van der Waals surface area contributed by atoms with E-state index in [1.807, 2.05) is 13.8 Å². The Morgan fingerprint density at radius 2 is 2.21 bits per heavy atom. The normalized spacial score (nSPS) is 32.1. The van der Waals surface area contributed by atoms with E-state index in [-0.39, 0.29) is 17.9 Å². The van der Waals surface area contributed by atoms with Crippen LogP contribution in [0.25, 0.3) is 0 Å². The second-order valence-electron chi connectivity index (χ2n) is 4.40. The highest BCUT2D eigenvalue weighted by molar-refractivity contribution is 7.80. The van der Waals surface area contributed by atoms with E-state index in [0.29, 0.717) is 11.2 Å². The van der Waals surface area contributed by atoms with Gasteiger partial charge in [-0.3, -0.25) is 9.69 Å². The highest BCUT2D eigenvalue weighted by atomic mass is 32.1. The summed E-state index contributed by atoms with van der Waals surface area (Å²) in [6.07, 6.45) is 3.24. The summed E-state index contributed by atoms with van der Waals surface area (Å²) in [5, 5.41) is 3.90. The lowest BCUT2D eigenvalue weighted by molar-refractivity contribution is -0.134. The number of nitrogens with zero attached hydrogens (tertiary/aromatic N) is 1. The SMILES string of the molecule is CC(C)N1C(=O)[C@@H]2CCC[C@@H]2NC1=S. The molecule has 2 atom stereocenters. The van der Waals surface area contributed by atoms with Gasteiger partial charge in [0.15, 0.2) is 5.11 Å². The third-order valence-electron chi connectivity index (χ3n) is 3.11. The Morgan fingerprint density at radius 3 is 2.86 bits per heavy atom. The molecule has 2 fully saturated rings. The minimum Gasteiger partial charge on any atom is -0.359 e. The topological polar surface area (TPSA) is 32.3 Å². The molecule has 1 amide bonds. The summed E-state index contributed by atoms with van der Waals surface area (Å²) in [6.45, 7) is 4.00. The van der Waals surface area contributed by atoms with Crippen molar-refractivity contribution >= 4 is 23.2 Å². The van der Waals surface area contributed by atoms with Crippen molar-refractivity contribution in [1.29, 1.82) is 0 Å². The summed E-state index contributed by atoms with van der Waals surface area (Å²) in [6, 6.07) is 0.481. The smallest absolute Gasteiger partial charge is 0.234 e. The number of amides is 1. The van der Waals surface area contributed by atoms with Crippen molar-refractivity contribution in [3.63, 3.8) is 0 Å². The standard InChI is InChI=1S/C10H16N2OS/c1-6(2)12-9(13)7-4-3-5-8(7)11-10(12)14/h6-8H,3-5H2,1-2H3,(H,11,14)/t7-,8+/m1/s1. The van der Waals surface area contributed by atoms with Gasteiger partial charge in [0.2, 0.25) is 5.91 Å². The van der Waals surface area contributed by atoms with Crippen molar-refractivity contribution in [2.24, 2.45) is 5.92 Å². The van der Waals surface area contributed by atoms with E-state index in [1.165, 1.54) is 0 Å². The minimum atomic E-state index is 0.170. The maximum atomic E-state index is 12.1. The van der Waals surface area contributed by atoms with Gasteiger partial charge in [0.25, 0.3) is 0 Å². The van der Waals surface area contributed by atoms with Gasteiger partial charge in [0, 0.05) is 12.1 Å². The van der Waals surface area contributed by atoms with Crippen molar-refractivity contribution in [3.8, 4) is 0 Å². The Balaban J connectivity index is 2.21. The number of hydrogen-bond acceptors (Lipinski definition) is 2. The van der Waals surface area contributed by atoms with E-state index >= 15 is 0 Å². The molecular formula is C10H16N2OS. The summed E-state index contributed by atoms with van der Waals surface area (Å²) >= 11 is 5.20. The highest BCUT2D eigenvalue weighted by Crippen LogP contribution is 2.31. The predicted molar refractivity (Wildman–Crippen MR) is 58.8 cm³/mol. The zero-order valence-corrected chi connectivity index (χ0v) is 9.43. The number of rotatable bonds is 1. The van der Waals surface area contributed by atoms with Gasteiger partial charge in [-0.15, -0.1) is 0 Å². The van der Waals surface area contributed by atoms with Crippen molar-refractivity contribution in [3.05, 3.63) is 0 Å². The molecule has 0 bridgehead atoms. The van der Waals surface area contributed by atoms with Crippen LogP contribution in [0.15, 0.2) is 0 Å². The van der Waals surface area contributed by atoms with E-state index in [1.54, 1.807) is 4.90 Å². The Hall–Kier alpha value is -0.640. The van der Waals surface area contributed by atoms with Gasteiger partial charge in [-0.1, -0.05) is 6.42 Å². The number of thiocarbonyl (C=S) groups is 1. The number of carbonyl (C=O) groups excluding carboxylic acids is 1. The average Bonchev–Trinajstić information content (AvgIpc) is 2.50. The molecule has 1 saturated carbocycles. The molecule has 3 nitrogen and oxygen atoms in total. The first-order valence-electron chi connectivity index (χ1n) is 5.25. The highest BCUT2D eigenvalue weighted by Gasteiger charge is 2.42. The summed E-state index contributed by atoms with van der Waals surface area (Å²) in [5.41, 5.74) is 0. The van der Waals surface area contributed by atoms with Crippen LogP contribution in [0.4, 0.5) is 0 Å². The fourth-order valence-corrected chi connectivity index (χ4v) is 2.88. The molecule has 2 rings (SSSR count). The van der Waals surface area contributed by atoms with E-state index in [2.05, 4.69) is 5.32 Å². The zero-order chi connectivity index (χ0) is 10.3. The lowest BCUT2D eigenvalue weighted by atomic mass is 9.99. The Labute approximate surface area is 89.8 Å². The summed E-state index contributed by atoms with van der Waals surface area (Å²) in [5.74, 6) is 0.398. The summed E-state index contributed by atoms with van der Waals surface area (Å²) in [4.78, 5) is 13.8. The number of carbonyl (C=O) groups is 1. The van der Waals surface area contributed by atoms with Crippen molar-refractivity contribution in [2.45, 2.75) is 45.2 Å². The van der Waals surface area contributed by atoms with Gasteiger partial charge >= 0.3 is 0 Å². The second kappa shape index (κ2) is 3.50. The second-order valence-corrected chi connectivity index (χ2v) is 4.78. The monoisotopic (exact) mass is 212 g/mol. The van der Waals surface area contributed by atoms with Crippen LogP contribution in [-0.4, -0.2) is 28.0 Å². The fourth-order valence-electron chi connectivity index (χ4n) is 2.42. The summed E-state index contributed by atoms with van der Waals surface area (Å²) in [7, 11) is 0. The molecule has 0 aromatic rings. The first-order valence-corrected chi connectivity index (χ1v) is 5.65. The van der Waals surface area contributed by atoms with Gasteiger partial charge in [-0.2, -0.15) is 0 Å². The fraction of sp³-hybridized carbons (Fsp3) is 0.800. The van der Waals surface area contributed by atoms with Crippen LogP contribution < -0.4 is 5.32 Å². The van der Waals surface area contributed by atoms with Crippen LogP contribution in [0.2, 0.25) is 0 Å². The molecule has 1 N–H and O–H groups in total. The molecular weight excluding hydrogens is 196 g/mol. The van der Waals surface area contributed by atoms with Gasteiger partial charge in [-0.05, 0) is 38.9 Å². The molecule has 14 heavy (non-hydrogen) atoms. The quantitative estimate of drug-likeness (QED) is 0.665. The van der Waals surface area contributed by atoms with Crippen LogP contribution in [0.1, 0.15) is 33.1 Å². The van der Waals surface area contributed by atoms with E-state index in [4.69, 9.17) is 12.2 Å². The van der Waals surface area contributed by atoms with E-state index in [0.717, 1.165) is 19.3 Å². The van der Waals surface area contributed by atoms with E-state index < -0.39 is 0 Å². The van der Waals surface area contributed by atoms with Gasteiger partial charge in [-0.25, -0.2) is 0 Å². The lowest BCUT2D eigenvalue weighted by Gasteiger charge is -2.38. The Bertz CT molecular complexity index is 277. The third kappa shape index (κ3) is 1.41. The van der Waals surface area contributed by atoms with E-state index in [9.17, 15) is 4.79 Å². The summed E-state index contributed by atoms with van der Waals surface area (Å²) < 4.78 is 0. The molecule has 1 aliphatic heterocycles. The Kier molecular flexibility index (Phi) is 2.47. The molecule has 0 spiro atoms. The van der Waals surface area contributed by atoms with Crippen LogP contribution in [0.3, 0.4) is 0 Å². The third-order valence-corrected chi connectivity index (χ3v) is 3.43. The van der Waals surface area contributed by atoms with Crippen LogP contribution in [-0.2, 0) is 4.79 Å². The van der Waals surface area contributed by atoms with Gasteiger partial charge in [0.05, 0.1) is 5.92 Å². The van der Waals surface area contributed by atoms with Crippen LogP contribution in [0, 0.1) is 5.92 Å². The zero-order valence-electron chi connectivity index (χ0n) is 8.62. The molecule has 0 aromatic carbocycles. The molecule has 1 aliphatic carbocycles. The largest absolute Gasteiger partial charge is 0.359 e. The first kappa shape index (κ1) is 9.90. The lowest BCUT2D eigenvalue weighted by Crippen LogP contribution is -2.60. The molecule has 0 aromatic heterocycles. The molecule has 4 heteroatoms. The molecule has 1 saturated heterocycles. The predicted octanol–water partition coefficient (Wildman–Crippen LogP) is 1.28. The number of hydrogen-bond donors (Lipinski definition) is 1. The molecule has 2 aliphatic rings. The average molecular weight is 212 g/mol. The van der Waals surface area contributed by atoms with Crippen LogP contribution in [0.5, 0.6) is 0 Å². The first-order chi connectivity index (χ1) is 6.61. The Morgan fingerprint density at radius 1 is 1.50 bits per heavy atom. The number of nitrogens with one attached hydrogen (secondary N) is 1. The molecule has 0 unspecified atom stereocenters. The van der Waals surface area contributed by atoms with Crippen molar-refractivity contribution in [2.75, 3.05) is 0 Å². The molecule has 0 radical (unpaired) electrons. The van der Waals surface area contributed by atoms with Gasteiger partial charge < -0.3 is 5.32 Å². The maximum absolute atomic E-state index is 12.1. The van der Waals surface area contributed by atoms with Crippen molar-refractivity contribution in [1.82, 2.24) is 10.2 Å². The molecule has 78 valence electrons. The maximum Gasteiger partial charge on any atom is 0.234 e. The molecule has 1 heterocycles. The van der Waals surface area contributed by atoms with Gasteiger partial charge in [0.1, 0.15) is 0 Å². The minimum absolute atomic E-state index is 0.170. The van der Waals surface area contributed by atoms with Crippen LogP contribution >= 0.6 is 12.2 Å².